The van der Waals surface area contributed by atoms with Crippen LogP contribution in [0.25, 0.3) is 10.9 Å². The fraction of sp³-hybridized carbons (Fsp3) is 0.286. The number of ether oxygens (including phenoxy) is 1. The van der Waals surface area contributed by atoms with Crippen LogP contribution in [0.5, 0.6) is 5.75 Å². The van der Waals surface area contributed by atoms with Gasteiger partial charge in [0.05, 0.1) is 13.2 Å². The van der Waals surface area contributed by atoms with Gasteiger partial charge in [0, 0.05) is 24.1 Å². The van der Waals surface area contributed by atoms with Gasteiger partial charge in [-0.15, -0.1) is 0 Å². The monoisotopic (exact) mass is 257 g/mol. The SMILES string of the molecule is CNC(=O)C(C#N)Cc1c[nH]c2ccc(OC)cc12. The first-order valence-electron chi connectivity index (χ1n) is 5.94. The van der Waals surface area contributed by atoms with Gasteiger partial charge in [0.25, 0.3) is 0 Å². The van der Waals surface area contributed by atoms with E-state index in [1.165, 1.54) is 7.05 Å². The van der Waals surface area contributed by atoms with E-state index in [4.69, 9.17) is 10.00 Å². The Morgan fingerprint density at radius 1 is 1.58 bits per heavy atom. The second-order valence-electron chi connectivity index (χ2n) is 4.23. The maximum absolute atomic E-state index is 11.6. The molecule has 1 amide bonds. The molecule has 1 atom stereocenters. The second kappa shape index (κ2) is 5.44. The van der Waals surface area contributed by atoms with Crippen LogP contribution in [-0.4, -0.2) is 25.0 Å². The highest BCUT2D eigenvalue weighted by Crippen LogP contribution is 2.25. The quantitative estimate of drug-likeness (QED) is 0.873. The molecule has 98 valence electrons. The first kappa shape index (κ1) is 13.0. The highest BCUT2D eigenvalue weighted by atomic mass is 16.5. The summed E-state index contributed by atoms with van der Waals surface area (Å²) >= 11 is 0. The molecule has 1 unspecified atom stereocenters. The predicted molar refractivity (Wildman–Crippen MR) is 71.7 cm³/mol. The number of nitrogens with one attached hydrogen (secondary N) is 2. The van der Waals surface area contributed by atoms with Gasteiger partial charge in [-0.3, -0.25) is 4.79 Å². The number of methoxy groups -OCH3 is 1. The van der Waals surface area contributed by atoms with E-state index in [0.717, 1.165) is 22.2 Å². The summed E-state index contributed by atoms with van der Waals surface area (Å²) in [6.07, 6.45) is 2.21. The number of benzene rings is 1. The number of hydrogen-bond donors (Lipinski definition) is 2. The van der Waals surface area contributed by atoms with Crippen LogP contribution < -0.4 is 10.1 Å². The normalized spacial score (nSPS) is 11.8. The summed E-state index contributed by atoms with van der Waals surface area (Å²) in [4.78, 5) is 14.7. The third-order valence-corrected chi connectivity index (χ3v) is 3.12. The summed E-state index contributed by atoms with van der Waals surface area (Å²) in [6.45, 7) is 0. The largest absolute Gasteiger partial charge is 0.497 e. The van der Waals surface area contributed by atoms with E-state index in [2.05, 4.69) is 10.3 Å². The molecule has 0 saturated carbocycles. The molecular weight excluding hydrogens is 242 g/mol. The molecule has 0 radical (unpaired) electrons. The van der Waals surface area contributed by atoms with Gasteiger partial charge in [-0.1, -0.05) is 0 Å². The molecule has 2 N–H and O–H groups in total. The van der Waals surface area contributed by atoms with Crippen molar-refractivity contribution in [2.75, 3.05) is 14.2 Å². The van der Waals surface area contributed by atoms with Gasteiger partial charge in [-0.05, 0) is 30.2 Å². The average Bonchev–Trinajstić information content (AvgIpc) is 2.85. The molecule has 0 fully saturated rings. The Labute approximate surface area is 111 Å². The van der Waals surface area contributed by atoms with Crippen LogP contribution in [0.2, 0.25) is 0 Å². The van der Waals surface area contributed by atoms with Crippen molar-refractivity contribution < 1.29 is 9.53 Å². The second-order valence-corrected chi connectivity index (χ2v) is 4.23. The average molecular weight is 257 g/mol. The Morgan fingerprint density at radius 2 is 2.37 bits per heavy atom. The molecule has 1 aromatic carbocycles. The number of hydrogen-bond acceptors (Lipinski definition) is 3. The Kier molecular flexibility index (Phi) is 3.71. The molecule has 2 aromatic rings. The van der Waals surface area contributed by atoms with E-state index >= 15 is 0 Å². The van der Waals surface area contributed by atoms with Gasteiger partial charge < -0.3 is 15.0 Å². The number of H-pyrrole nitrogens is 1. The minimum Gasteiger partial charge on any atom is -0.497 e. The Balaban J connectivity index is 2.35. The van der Waals surface area contributed by atoms with Crippen LogP contribution >= 0.6 is 0 Å². The molecule has 0 bridgehead atoms. The Hall–Kier alpha value is -2.48. The van der Waals surface area contributed by atoms with Gasteiger partial charge in [0.2, 0.25) is 5.91 Å². The highest BCUT2D eigenvalue weighted by molar-refractivity contribution is 5.86. The van der Waals surface area contributed by atoms with Crippen molar-refractivity contribution >= 4 is 16.8 Å². The maximum Gasteiger partial charge on any atom is 0.237 e. The molecule has 5 nitrogen and oxygen atoms in total. The molecule has 5 heteroatoms. The van der Waals surface area contributed by atoms with Crippen molar-refractivity contribution in [2.45, 2.75) is 6.42 Å². The van der Waals surface area contributed by atoms with E-state index in [0.29, 0.717) is 6.42 Å². The van der Waals surface area contributed by atoms with Gasteiger partial charge in [0.15, 0.2) is 0 Å². The standard InChI is InChI=1S/C14H15N3O2/c1-16-14(18)9(7-15)5-10-8-17-13-4-3-11(19-2)6-12(10)13/h3-4,6,8-9,17H,5H2,1-2H3,(H,16,18). The lowest BCUT2D eigenvalue weighted by Gasteiger charge is -2.07. The Morgan fingerprint density at radius 3 is 3.00 bits per heavy atom. The number of carbonyl (C=O) groups excluding carboxylic acids is 1. The van der Waals surface area contributed by atoms with Crippen LogP contribution in [0.4, 0.5) is 0 Å². The van der Waals surface area contributed by atoms with Crippen LogP contribution in [-0.2, 0) is 11.2 Å². The van der Waals surface area contributed by atoms with Crippen LogP contribution in [0.3, 0.4) is 0 Å². The lowest BCUT2D eigenvalue weighted by atomic mass is 9.99. The summed E-state index contributed by atoms with van der Waals surface area (Å²) in [6, 6.07) is 7.71. The first-order valence-corrected chi connectivity index (χ1v) is 5.94. The zero-order valence-electron chi connectivity index (χ0n) is 10.9. The predicted octanol–water partition coefficient (Wildman–Crippen LogP) is 1.60. The van der Waals surface area contributed by atoms with Gasteiger partial charge in [-0.2, -0.15) is 5.26 Å². The van der Waals surface area contributed by atoms with Crippen molar-refractivity contribution in [1.29, 1.82) is 5.26 Å². The van der Waals surface area contributed by atoms with Crippen molar-refractivity contribution in [3.8, 4) is 11.8 Å². The number of rotatable bonds is 4. The van der Waals surface area contributed by atoms with Crippen molar-refractivity contribution in [1.82, 2.24) is 10.3 Å². The number of fused-ring (bicyclic) bond motifs is 1. The number of nitriles is 1. The number of carbonyl (C=O) groups is 1. The van der Waals surface area contributed by atoms with E-state index in [1.54, 1.807) is 7.11 Å². The summed E-state index contributed by atoms with van der Waals surface area (Å²) in [5.74, 6) is -0.197. The zero-order valence-corrected chi connectivity index (χ0v) is 10.9. The molecule has 0 aliphatic rings. The summed E-state index contributed by atoms with van der Waals surface area (Å²) in [7, 11) is 3.14. The van der Waals surface area contributed by atoms with Gasteiger partial charge >= 0.3 is 0 Å². The molecule has 0 aliphatic carbocycles. The number of nitrogens with zero attached hydrogens (tertiary/aromatic N) is 1. The number of aromatic nitrogens is 1. The molecule has 0 spiro atoms. The van der Waals surface area contributed by atoms with E-state index in [1.807, 2.05) is 30.5 Å². The smallest absolute Gasteiger partial charge is 0.237 e. The van der Waals surface area contributed by atoms with E-state index < -0.39 is 5.92 Å². The molecule has 2 rings (SSSR count). The lowest BCUT2D eigenvalue weighted by molar-refractivity contribution is -0.122. The fourth-order valence-electron chi connectivity index (χ4n) is 2.04. The number of amides is 1. The molecule has 1 heterocycles. The third-order valence-electron chi connectivity index (χ3n) is 3.12. The van der Waals surface area contributed by atoms with E-state index in [-0.39, 0.29) is 5.91 Å². The molecule has 0 aliphatic heterocycles. The summed E-state index contributed by atoms with van der Waals surface area (Å²) in [5.41, 5.74) is 1.90. The molecule has 0 saturated heterocycles. The van der Waals surface area contributed by atoms with Crippen LogP contribution in [0, 0.1) is 17.2 Å². The van der Waals surface area contributed by atoms with Crippen molar-refractivity contribution in [3.63, 3.8) is 0 Å². The Bertz CT molecular complexity index is 640. The zero-order chi connectivity index (χ0) is 13.8. The summed E-state index contributed by atoms with van der Waals surface area (Å²) in [5, 5.41) is 12.5. The van der Waals surface area contributed by atoms with Gasteiger partial charge in [-0.25, -0.2) is 0 Å². The first-order chi connectivity index (χ1) is 9.19. The minimum absolute atomic E-state index is 0.264. The van der Waals surface area contributed by atoms with Gasteiger partial charge in [0.1, 0.15) is 11.7 Å². The van der Waals surface area contributed by atoms with E-state index in [9.17, 15) is 4.79 Å². The molecule has 1 aromatic heterocycles. The molecule has 19 heavy (non-hydrogen) atoms. The highest BCUT2D eigenvalue weighted by Gasteiger charge is 2.18. The fourth-order valence-corrected chi connectivity index (χ4v) is 2.04. The summed E-state index contributed by atoms with van der Waals surface area (Å²) < 4.78 is 5.19. The topological polar surface area (TPSA) is 77.9 Å². The number of aromatic amines is 1. The minimum atomic E-state index is -0.685. The van der Waals surface area contributed by atoms with Crippen molar-refractivity contribution in [3.05, 3.63) is 30.0 Å². The third kappa shape index (κ3) is 2.52. The lowest BCUT2D eigenvalue weighted by Crippen LogP contribution is -2.27. The van der Waals surface area contributed by atoms with Crippen LogP contribution in [0.15, 0.2) is 24.4 Å². The van der Waals surface area contributed by atoms with Crippen molar-refractivity contribution in [2.24, 2.45) is 5.92 Å². The van der Waals surface area contributed by atoms with Crippen LogP contribution in [0.1, 0.15) is 5.56 Å². The molecular formula is C14H15N3O2. The maximum atomic E-state index is 11.6.